The Morgan fingerprint density at radius 3 is 2.17 bits per heavy atom. The van der Waals surface area contributed by atoms with Crippen molar-refractivity contribution in [3.05, 3.63) is 95.6 Å². The molecule has 0 bridgehead atoms. The Morgan fingerprint density at radius 1 is 0.848 bits per heavy atom. The van der Waals surface area contributed by atoms with Gasteiger partial charge in [-0.25, -0.2) is 0 Å². The van der Waals surface area contributed by atoms with Gasteiger partial charge in [0.25, 0.3) is 11.7 Å². The Bertz CT molecular complexity index is 1710. The first-order valence-electron chi connectivity index (χ1n) is 15.5. The van der Waals surface area contributed by atoms with Crippen molar-refractivity contribution in [3.8, 4) is 11.5 Å². The molecular weight excluding hydrogens is 582 g/mol. The Morgan fingerprint density at radius 2 is 1.50 bits per heavy atom. The van der Waals surface area contributed by atoms with Gasteiger partial charge in [0.1, 0.15) is 12.4 Å². The molecule has 2 N–H and O–H groups in total. The number of Topliss-reactive ketones (excluding diaryl/α,β-unsaturated/α-hetero) is 1. The molecule has 2 amide bonds. The second-order valence-corrected chi connectivity index (χ2v) is 12.3. The van der Waals surface area contributed by atoms with Crippen LogP contribution in [0.15, 0.2) is 78.9 Å². The molecule has 0 atom stereocenters. The van der Waals surface area contributed by atoms with Crippen LogP contribution in [-0.4, -0.2) is 69.1 Å². The van der Waals surface area contributed by atoms with E-state index >= 15 is 0 Å². The van der Waals surface area contributed by atoms with Gasteiger partial charge in [0.05, 0.1) is 38.1 Å². The molecule has 1 aliphatic heterocycles. The number of nitrogens with one attached hydrogen (secondary N) is 2. The fourth-order valence-electron chi connectivity index (χ4n) is 5.45. The summed E-state index contributed by atoms with van der Waals surface area (Å²) in [5.41, 5.74) is 2.33. The summed E-state index contributed by atoms with van der Waals surface area (Å²) >= 11 is 0. The summed E-state index contributed by atoms with van der Waals surface area (Å²) in [6.07, 6.45) is 0.171. The van der Waals surface area contributed by atoms with Crippen molar-refractivity contribution in [2.45, 2.75) is 32.6 Å². The van der Waals surface area contributed by atoms with Crippen LogP contribution in [0.1, 0.15) is 42.3 Å². The Balaban J connectivity index is 1.37. The van der Waals surface area contributed by atoms with Gasteiger partial charge in [-0.3, -0.25) is 19.3 Å². The largest absolute Gasteiger partial charge is 0.492 e. The van der Waals surface area contributed by atoms with Crippen molar-refractivity contribution in [1.82, 2.24) is 4.90 Å². The summed E-state index contributed by atoms with van der Waals surface area (Å²) in [6.45, 7) is 10.5. The van der Waals surface area contributed by atoms with Gasteiger partial charge < -0.3 is 24.8 Å². The van der Waals surface area contributed by atoms with E-state index in [1.54, 1.807) is 18.2 Å². The number of carbonyl (C=O) groups excluding carboxylic acids is 3. The fraction of sp³-hybridized carbons (Fsp3) is 0.324. The minimum atomic E-state index is -0.822. The number of carbonyl (C=O) groups is 3. The predicted molar refractivity (Wildman–Crippen MR) is 180 cm³/mol. The third-order valence-electron chi connectivity index (χ3n) is 7.99. The standard InChI is InChI=1S/C37H41N3O6/c1-37(2,3)26-23-30(38-33(41)22-25-10-6-5-7-11-25)35(44-4)31(24-26)39-36(43)34(42)29-14-15-32(28-13-9-8-12-27(28)29)46-21-18-40-16-19-45-20-17-40/h5-15,23-24H,16-22H2,1-4H3,(H,38,41)(H,39,43). The molecule has 1 saturated heterocycles. The van der Waals surface area contributed by atoms with Crippen LogP contribution in [0.3, 0.4) is 0 Å². The van der Waals surface area contributed by atoms with Crippen LogP contribution in [0.5, 0.6) is 11.5 Å². The Hall–Kier alpha value is -4.73. The number of benzene rings is 4. The highest BCUT2D eigenvalue weighted by Gasteiger charge is 2.25. The molecule has 4 aromatic rings. The topological polar surface area (TPSA) is 106 Å². The SMILES string of the molecule is COc1c(NC(=O)Cc2ccccc2)cc(C(C)(C)C)cc1NC(=O)C(=O)c1ccc(OCCN2CCOCC2)c2ccccc12. The molecule has 46 heavy (non-hydrogen) atoms. The summed E-state index contributed by atoms with van der Waals surface area (Å²) in [5, 5.41) is 7.09. The molecular formula is C37H41N3O6. The van der Waals surface area contributed by atoms with Gasteiger partial charge in [-0.1, -0.05) is 75.4 Å². The number of anilines is 2. The predicted octanol–water partition coefficient (Wildman–Crippen LogP) is 5.86. The highest BCUT2D eigenvalue weighted by Crippen LogP contribution is 2.39. The zero-order valence-electron chi connectivity index (χ0n) is 26.9. The van der Waals surface area contributed by atoms with Crippen LogP contribution >= 0.6 is 0 Å². The third-order valence-corrected chi connectivity index (χ3v) is 7.99. The average Bonchev–Trinajstić information content (AvgIpc) is 3.05. The first-order chi connectivity index (χ1) is 22.1. The molecule has 1 aliphatic rings. The smallest absolute Gasteiger partial charge is 0.296 e. The number of rotatable bonds is 11. The van der Waals surface area contributed by atoms with E-state index in [-0.39, 0.29) is 34.7 Å². The summed E-state index contributed by atoms with van der Waals surface area (Å²) < 4.78 is 17.2. The maximum Gasteiger partial charge on any atom is 0.296 e. The summed E-state index contributed by atoms with van der Waals surface area (Å²) in [7, 11) is 1.46. The van der Waals surface area contributed by atoms with Crippen molar-refractivity contribution in [2.75, 3.05) is 57.2 Å². The van der Waals surface area contributed by atoms with Crippen molar-refractivity contribution < 1.29 is 28.6 Å². The number of methoxy groups -OCH3 is 1. The van der Waals surface area contributed by atoms with Crippen molar-refractivity contribution in [3.63, 3.8) is 0 Å². The normalized spacial score (nSPS) is 13.7. The lowest BCUT2D eigenvalue weighted by atomic mass is 9.86. The number of hydrogen-bond acceptors (Lipinski definition) is 7. The van der Waals surface area contributed by atoms with Gasteiger partial charge in [-0.2, -0.15) is 0 Å². The van der Waals surface area contributed by atoms with E-state index in [1.165, 1.54) is 7.11 Å². The van der Waals surface area contributed by atoms with Gasteiger partial charge in [0.15, 0.2) is 5.75 Å². The molecule has 9 heteroatoms. The number of ketones is 1. The number of nitrogens with zero attached hydrogens (tertiary/aromatic N) is 1. The molecule has 0 radical (unpaired) electrons. The zero-order valence-corrected chi connectivity index (χ0v) is 26.9. The van der Waals surface area contributed by atoms with E-state index in [9.17, 15) is 14.4 Å². The van der Waals surface area contributed by atoms with E-state index < -0.39 is 11.7 Å². The highest BCUT2D eigenvalue weighted by molar-refractivity contribution is 6.48. The summed E-state index contributed by atoms with van der Waals surface area (Å²) in [6, 6.07) is 23.8. The molecule has 0 aromatic heterocycles. The van der Waals surface area contributed by atoms with Crippen molar-refractivity contribution >= 4 is 39.7 Å². The number of hydrogen-bond donors (Lipinski definition) is 2. The van der Waals surface area contributed by atoms with Crippen LogP contribution < -0.4 is 20.1 Å². The van der Waals surface area contributed by atoms with E-state index in [1.807, 2.05) is 81.4 Å². The molecule has 4 aromatic carbocycles. The second kappa shape index (κ2) is 14.6. The van der Waals surface area contributed by atoms with Gasteiger partial charge in [-0.05, 0) is 46.2 Å². The monoisotopic (exact) mass is 623 g/mol. The van der Waals surface area contributed by atoms with Crippen LogP contribution in [0.25, 0.3) is 10.8 Å². The second-order valence-electron chi connectivity index (χ2n) is 12.3. The average molecular weight is 624 g/mol. The first kappa shape index (κ1) is 32.7. The molecule has 1 fully saturated rings. The highest BCUT2D eigenvalue weighted by atomic mass is 16.5. The van der Waals surface area contributed by atoms with Crippen LogP contribution in [-0.2, 0) is 26.2 Å². The van der Waals surface area contributed by atoms with Gasteiger partial charge in [0, 0.05) is 30.6 Å². The lowest BCUT2D eigenvalue weighted by molar-refractivity contribution is -0.115. The minimum absolute atomic E-state index is 0.171. The lowest BCUT2D eigenvalue weighted by Crippen LogP contribution is -2.38. The number of amides is 2. The fourth-order valence-corrected chi connectivity index (χ4v) is 5.45. The number of fused-ring (bicyclic) bond motifs is 1. The molecule has 9 nitrogen and oxygen atoms in total. The van der Waals surface area contributed by atoms with E-state index in [0.29, 0.717) is 23.4 Å². The van der Waals surface area contributed by atoms with E-state index in [2.05, 4.69) is 15.5 Å². The Labute approximate surface area is 269 Å². The maximum atomic E-state index is 13.7. The maximum absolute atomic E-state index is 13.7. The molecule has 240 valence electrons. The molecule has 0 aliphatic carbocycles. The van der Waals surface area contributed by atoms with Crippen molar-refractivity contribution in [2.24, 2.45) is 0 Å². The van der Waals surface area contributed by atoms with Gasteiger partial charge in [0.2, 0.25) is 5.91 Å². The van der Waals surface area contributed by atoms with Crippen LogP contribution in [0.2, 0.25) is 0 Å². The number of morpholine rings is 1. The number of ether oxygens (including phenoxy) is 3. The van der Waals surface area contributed by atoms with Gasteiger partial charge in [-0.15, -0.1) is 0 Å². The molecule has 0 saturated carbocycles. The van der Waals surface area contributed by atoms with Crippen LogP contribution in [0, 0.1) is 0 Å². The Kier molecular flexibility index (Phi) is 10.3. The molecule has 1 heterocycles. The van der Waals surface area contributed by atoms with Crippen LogP contribution in [0.4, 0.5) is 11.4 Å². The van der Waals surface area contributed by atoms with Crippen molar-refractivity contribution in [1.29, 1.82) is 0 Å². The summed E-state index contributed by atoms with van der Waals surface area (Å²) in [4.78, 5) is 42.5. The third kappa shape index (κ3) is 7.91. The molecule has 0 spiro atoms. The quantitative estimate of drug-likeness (QED) is 0.159. The lowest BCUT2D eigenvalue weighted by Gasteiger charge is -2.26. The molecule has 5 rings (SSSR count). The molecule has 0 unspecified atom stereocenters. The first-order valence-corrected chi connectivity index (χ1v) is 15.5. The van der Waals surface area contributed by atoms with E-state index in [4.69, 9.17) is 14.2 Å². The minimum Gasteiger partial charge on any atom is -0.492 e. The van der Waals surface area contributed by atoms with E-state index in [0.717, 1.165) is 49.4 Å². The van der Waals surface area contributed by atoms with Gasteiger partial charge >= 0.3 is 0 Å². The zero-order chi connectivity index (χ0) is 32.7. The summed E-state index contributed by atoms with van der Waals surface area (Å²) in [5.74, 6) is -0.852.